The van der Waals surface area contributed by atoms with Crippen LogP contribution in [0.4, 0.5) is 18.0 Å². The lowest BCUT2D eigenvalue weighted by atomic mass is 10.4. The summed E-state index contributed by atoms with van der Waals surface area (Å²) in [6, 6.07) is 2.91. The summed E-state index contributed by atoms with van der Waals surface area (Å²) in [5.74, 6) is 0. The normalized spacial score (nSPS) is 11.2. The average Bonchev–Trinajstić information content (AvgIpc) is 2.65. The van der Waals surface area contributed by atoms with Gasteiger partial charge in [0.25, 0.3) is 0 Å². The molecule has 0 aromatic carbocycles. The van der Waals surface area contributed by atoms with Crippen LogP contribution in [-0.4, -0.2) is 30.7 Å². The van der Waals surface area contributed by atoms with Gasteiger partial charge >= 0.3 is 12.2 Å². The minimum absolute atomic E-state index is 0.307. The van der Waals surface area contributed by atoms with E-state index in [9.17, 15) is 18.0 Å². The fourth-order valence-electron chi connectivity index (χ4n) is 1.02. The summed E-state index contributed by atoms with van der Waals surface area (Å²) in [5, 5.41) is 3.65. The highest BCUT2D eigenvalue weighted by Gasteiger charge is 2.28. The molecule has 0 radical (unpaired) electrons. The number of thiophene rings is 1. The largest absolute Gasteiger partial charge is 0.405 e. The Labute approximate surface area is 94.9 Å². The van der Waals surface area contributed by atoms with Crippen molar-refractivity contribution >= 4 is 17.4 Å². The van der Waals surface area contributed by atoms with Gasteiger partial charge in [-0.3, -0.25) is 0 Å². The molecule has 1 aromatic rings. The average molecular weight is 252 g/mol. The van der Waals surface area contributed by atoms with Crippen molar-refractivity contribution in [1.29, 1.82) is 0 Å². The molecule has 1 rings (SSSR count). The van der Waals surface area contributed by atoms with Crippen molar-refractivity contribution in [1.82, 2.24) is 10.2 Å². The maximum atomic E-state index is 11.8. The number of alkyl halides is 3. The van der Waals surface area contributed by atoms with Crippen molar-refractivity contribution in [3.05, 3.63) is 22.4 Å². The molecule has 3 nitrogen and oxygen atoms in total. The van der Waals surface area contributed by atoms with E-state index >= 15 is 0 Å². The van der Waals surface area contributed by atoms with E-state index in [1.807, 2.05) is 17.5 Å². The van der Waals surface area contributed by atoms with E-state index in [-0.39, 0.29) is 0 Å². The summed E-state index contributed by atoms with van der Waals surface area (Å²) in [7, 11) is 1.45. The number of urea groups is 1. The topological polar surface area (TPSA) is 32.3 Å². The Morgan fingerprint density at radius 2 is 2.25 bits per heavy atom. The van der Waals surface area contributed by atoms with Crippen LogP contribution in [-0.2, 0) is 6.54 Å². The lowest BCUT2D eigenvalue weighted by Gasteiger charge is -2.17. The SMILES string of the molecule is CN(Cc1cccs1)C(=O)NCC(F)(F)F. The molecule has 0 bridgehead atoms. The van der Waals surface area contributed by atoms with Crippen molar-refractivity contribution in [2.24, 2.45) is 0 Å². The van der Waals surface area contributed by atoms with E-state index in [4.69, 9.17) is 0 Å². The highest BCUT2D eigenvalue weighted by Crippen LogP contribution is 2.13. The number of amides is 2. The summed E-state index contributed by atoms with van der Waals surface area (Å²) in [6.07, 6.45) is -4.38. The molecule has 0 saturated carbocycles. The second-order valence-electron chi connectivity index (χ2n) is 3.21. The van der Waals surface area contributed by atoms with E-state index in [0.717, 1.165) is 4.88 Å². The van der Waals surface area contributed by atoms with Gasteiger partial charge in [-0.1, -0.05) is 6.07 Å². The van der Waals surface area contributed by atoms with E-state index in [1.165, 1.54) is 23.3 Å². The molecule has 0 saturated heterocycles. The first-order valence-corrected chi connectivity index (χ1v) is 5.34. The van der Waals surface area contributed by atoms with Crippen LogP contribution in [0.5, 0.6) is 0 Å². The fraction of sp³-hybridized carbons (Fsp3) is 0.444. The zero-order chi connectivity index (χ0) is 12.2. The van der Waals surface area contributed by atoms with Crippen LogP contribution in [0.1, 0.15) is 4.88 Å². The van der Waals surface area contributed by atoms with Gasteiger partial charge in [0, 0.05) is 11.9 Å². The van der Waals surface area contributed by atoms with Crippen molar-refractivity contribution in [2.75, 3.05) is 13.6 Å². The minimum Gasteiger partial charge on any atom is -0.329 e. The van der Waals surface area contributed by atoms with E-state index < -0.39 is 18.8 Å². The van der Waals surface area contributed by atoms with Crippen LogP contribution in [0.3, 0.4) is 0 Å². The Hall–Kier alpha value is -1.24. The van der Waals surface area contributed by atoms with Gasteiger partial charge < -0.3 is 10.2 Å². The molecule has 2 amide bonds. The molecule has 90 valence electrons. The molecule has 0 aliphatic carbocycles. The lowest BCUT2D eigenvalue weighted by Crippen LogP contribution is -2.41. The van der Waals surface area contributed by atoms with Crippen LogP contribution in [0.15, 0.2) is 17.5 Å². The smallest absolute Gasteiger partial charge is 0.329 e. The van der Waals surface area contributed by atoms with Crippen molar-refractivity contribution in [3.8, 4) is 0 Å². The number of rotatable bonds is 3. The molecule has 0 atom stereocenters. The van der Waals surface area contributed by atoms with Crippen molar-refractivity contribution in [2.45, 2.75) is 12.7 Å². The highest BCUT2D eigenvalue weighted by molar-refractivity contribution is 7.09. The molecule has 0 aliphatic rings. The quantitative estimate of drug-likeness (QED) is 0.880. The first kappa shape index (κ1) is 12.8. The van der Waals surface area contributed by atoms with Crippen LogP contribution in [0.25, 0.3) is 0 Å². The highest BCUT2D eigenvalue weighted by atomic mass is 32.1. The number of hydrogen-bond donors (Lipinski definition) is 1. The third kappa shape index (κ3) is 4.52. The molecule has 0 fully saturated rings. The van der Waals surface area contributed by atoms with E-state index in [2.05, 4.69) is 0 Å². The summed E-state index contributed by atoms with van der Waals surface area (Å²) >= 11 is 1.45. The minimum atomic E-state index is -4.38. The molecule has 7 heteroatoms. The Morgan fingerprint density at radius 3 is 2.75 bits per heavy atom. The predicted molar refractivity (Wildman–Crippen MR) is 55.2 cm³/mol. The fourth-order valence-corrected chi connectivity index (χ4v) is 1.78. The number of nitrogens with zero attached hydrogens (tertiary/aromatic N) is 1. The van der Waals surface area contributed by atoms with Crippen molar-refractivity contribution in [3.63, 3.8) is 0 Å². The summed E-state index contributed by atoms with van der Waals surface area (Å²) < 4.78 is 35.5. The van der Waals surface area contributed by atoms with Gasteiger partial charge in [0.2, 0.25) is 0 Å². The van der Waals surface area contributed by atoms with E-state index in [1.54, 1.807) is 5.32 Å². The van der Waals surface area contributed by atoms with Crippen LogP contribution in [0, 0.1) is 0 Å². The Morgan fingerprint density at radius 1 is 1.56 bits per heavy atom. The van der Waals surface area contributed by atoms with Crippen LogP contribution < -0.4 is 5.32 Å². The number of carbonyl (C=O) groups is 1. The number of halogens is 3. The molecular weight excluding hydrogens is 241 g/mol. The monoisotopic (exact) mass is 252 g/mol. The molecule has 1 heterocycles. The molecule has 1 N–H and O–H groups in total. The zero-order valence-corrected chi connectivity index (χ0v) is 9.36. The first-order valence-electron chi connectivity index (χ1n) is 4.46. The van der Waals surface area contributed by atoms with Gasteiger partial charge in [-0.15, -0.1) is 11.3 Å². The maximum absolute atomic E-state index is 11.8. The second-order valence-corrected chi connectivity index (χ2v) is 4.24. The van der Waals surface area contributed by atoms with Gasteiger partial charge in [0.1, 0.15) is 6.54 Å². The molecule has 1 aromatic heterocycles. The first-order chi connectivity index (χ1) is 7.38. The lowest BCUT2D eigenvalue weighted by molar-refractivity contribution is -0.123. The van der Waals surface area contributed by atoms with Crippen LogP contribution >= 0.6 is 11.3 Å². The predicted octanol–water partition coefficient (Wildman–Crippen LogP) is 2.45. The molecule has 0 spiro atoms. The standard InChI is InChI=1S/C9H11F3N2OS/c1-14(5-7-3-2-4-16-7)8(15)13-6-9(10,11)12/h2-4H,5-6H2,1H3,(H,13,15). The number of hydrogen-bond acceptors (Lipinski definition) is 2. The van der Waals surface area contributed by atoms with Crippen LogP contribution in [0.2, 0.25) is 0 Å². The Balaban J connectivity index is 2.37. The molecule has 0 unspecified atom stereocenters. The molecule has 16 heavy (non-hydrogen) atoms. The molecular formula is C9H11F3N2OS. The Bertz CT molecular complexity index is 337. The number of nitrogens with one attached hydrogen (secondary N) is 1. The second kappa shape index (κ2) is 5.20. The zero-order valence-electron chi connectivity index (χ0n) is 8.54. The molecule has 0 aliphatic heterocycles. The van der Waals surface area contributed by atoms with Crippen molar-refractivity contribution < 1.29 is 18.0 Å². The van der Waals surface area contributed by atoms with Gasteiger partial charge in [0.15, 0.2) is 0 Å². The van der Waals surface area contributed by atoms with Gasteiger partial charge in [-0.05, 0) is 11.4 Å². The summed E-state index contributed by atoms with van der Waals surface area (Å²) in [5.41, 5.74) is 0. The van der Waals surface area contributed by atoms with Gasteiger partial charge in [-0.25, -0.2) is 4.79 Å². The van der Waals surface area contributed by atoms with Gasteiger partial charge in [-0.2, -0.15) is 13.2 Å². The van der Waals surface area contributed by atoms with Gasteiger partial charge in [0.05, 0.1) is 6.54 Å². The third-order valence-electron chi connectivity index (χ3n) is 1.76. The summed E-state index contributed by atoms with van der Waals surface area (Å²) in [4.78, 5) is 13.4. The maximum Gasteiger partial charge on any atom is 0.405 e. The number of carbonyl (C=O) groups excluding carboxylic acids is 1. The Kier molecular flexibility index (Phi) is 4.17. The van der Waals surface area contributed by atoms with E-state index in [0.29, 0.717) is 6.54 Å². The summed E-state index contributed by atoms with van der Waals surface area (Å²) in [6.45, 7) is -0.998. The third-order valence-corrected chi connectivity index (χ3v) is 2.62.